The van der Waals surface area contributed by atoms with Crippen molar-refractivity contribution in [3.05, 3.63) is 127 Å². The average molecular weight is 576 g/mol. The number of benzene rings is 1. The number of halogens is 1. The Labute approximate surface area is 247 Å². The van der Waals surface area contributed by atoms with Gasteiger partial charge in [0.05, 0.1) is 34.9 Å². The molecule has 0 radical (unpaired) electrons. The van der Waals surface area contributed by atoms with Crippen LogP contribution in [0.2, 0.25) is 0 Å². The fraction of sp³-hybridized carbons (Fsp3) is 0.0938. The predicted octanol–water partition coefficient (Wildman–Crippen LogP) is 6.00. The Balaban J connectivity index is 0.000000204. The van der Waals surface area contributed by atoms with E-state index in [0.29, 0.717) is 22.6 Å². The minimum atomic E-state index is -0.358. The Bertz CT molecular complexity index is 1980. The van der Waals surface area contributed by atoms with Gasteiger partial charge < -0.3 is 5.73 Å². The molecular formula is C32H30FN9O. The summed E-state index contributed by atoms with van der Waals surface area (Å²) in [5, 5.41) is 8.45. The number of carbonyl (C=O) groups is 1. The standard InChI is InChI=1S/C19H13FN4O.C11H9N5.2CH4/c20-15-4-2-14(3-5-15)18(25)11-13-6-8-21-17(10-13)16-12-23-24-9-1-7-22-19(16)24;12-8-2-4-13-10(6-8)9-7-15-16-5-1-3-14-11(9)16;;/h1-10,12H,11H2;1-7H,(H2,12,13);2*1H4. The van der Waals surface area contributed by atoms with Crippen molar-refractivity contribution >= 4 is 22.8 Å². The number of aromatic nitrogens is 8. The Morgan fingerprint density at radius 2 is 1.28 bits per heavy atom. The first kappa shape index (κ1) is 30.1. The normalized spacial score (nSPS) is 10.3. The van der Waals surface area contributed by atoms with Crippen LogP contribution in [0.25, 0.3) is 33.8 Å². The van der Waals surface area contributed by atoms with Crippen molar-refractivity contribution < 1.29 is 9.18 Å². The minimum Gasteiger partial charge on any atom is -0.399 e. The van der Waals surface area contributed by atoms with Crippen LogP contribution in [0.1, 0.15) is 30.8 Å². The van der Waals surface area contributed by atoms with Crippen LogP contribution in [0.3, 0.4) is 0 Å². The SMILES string of the molecule is C.C.Nc1ccnc(-c2cnn3cccnc23)c1.O=C(Cc1ccnc(-c2cnn3cccnc23)c1)c1ccc(F)cc1. The van der Waals surface area contributed by atoms with Crippen LogP contribution in [-0.2, 0) is 6.42 Å². The number of fused-ring (bicyclic) bond motifs is 2. The van der Waals surface area contributed by atoms with Crippen LogP contribution in [-0.4, -0.2) is 44.9 Å². The van der Waals surface area contributed by atoms with Crippen molar-refractivity contribution in [1.82, 2.24) is 39.2 Å². The number of nitrogens with zero attached hydrogens (tertiary/aromatic N) is 8. The lowest BCUT2D eigenvalue weighted by atomic mass is 10.0. The minimum absolute atomic E-state index is 0. The van der Waals surface area contributed by atoms with Crippen molar-refractivity contribution in [2.24, 2.45) is 0 Å². The zero-order valence-corrected chi connectivity index (χ0v) is 21.5. The molecule has 1 aromatic carbocycles. The van der Waals surface area contributed by atoms with Gasteiger partial charge in [-0.2, -0.15) is 10.2 Å². The molecule has 11 heteroatoms. The molecule has 0 bridgehead atoms. The number of rotatable bonds is 5. The average Bonchev–Trinajstić information content (AvgIpc) is 3.63. The Kier molecular flexibility index (Phi) is 9.26. The second-order valence-electron chi connectivity index (χ2n) is 9.02. The fourth-order valence-electron chi connectivity index (χ4n) is 4.26. The number of hydrogen-bond acceptors (Lipinski definition) is 8. The summed E-state index contributed by atoms with van der Waals surface area (Å²) in [5.41, 5.74) is 12.4. The van der Waals surface area contributed by atoms with E-state index in [9.17, 15) is 9.18 Å². The van der Waals surface area contributed by atoms with Gasteiger partial charge in [-0.15, -0.1) is 0 Å². The maximum Gasteiger partial charge on any atom is 0.167 e. The van der Waals surface area contributed by atoms with Gasteiger partial charge in [0.1, 0.15) is 5.82 Å². The summed E-state index contributed by atoms with van der Waals surface area (Å²) in [6.07, 6.45) is 14.1. The summed E-state index contributed by atoms with van der Waals surface area (Å²) in [6, 6.07) is 16.4. The van der Waals surface area contributed by atoms with E-state index in [1.54, 1.807) is 64.4 Å². The molecule has 0 aliphatic heterocycles. The molecular weight excluding hydrogens is 545 g/mol. The van der Waals surface area contributed by atoms with E-state index in [2.05, 4.69) is 30.1 Å². The monoisotopic (exact) mass is 575 g/mol. The quantitative estimate of drug-likeness (QED) is 0.247. The molecule has 7 aromatic rings. The maximum atomic E-state index is 13.0. The molecule has 6 aromatic heterocycles. The lowest BCUT2D eigenvalue weighted by Crippen LogP contribution is -2.04. The van der Waals surface area contributed by atoms with Gasteiger partial charge in [-0.1, -0.05) is 14.9 Å². The highest BCUT2D eigenvalue weighted by atomic mass is 19.1. The highest BCUT2D eigenvalue weighted by Crippen LogP contribution is 2.23. The van der Waals surface area contributed by atoms with Gasteiger partial charge in [0.15, 0.2) is 17.1 Å². The van der Waals surface area contributed by atoms with Crippen LogP contribution in [0.15, 0.2) is 110 Å². The third-order valence-electron chi connectivity index (χ3n) is 6.25. The van der Waals surface area contributed by atoms with Gasteiger partial charge in [0, 0.05) is 54.9 Å². The van der Waals surface area contributed by atoms with Crippen molar-refractivity contribution in [2.45, 2.75) is 21.3 Å². The molecule has 6 heterocycles. The zero-order valence-electron chi connectivity index (χ0n) is 21.5. The topological polar surface area (TPSA) is 129 Å². The first-order valence-corrected chi connectivity index (χ1v) is 12.6. The number of ketones is 1. The maximum absolute atomic E-state index is 13.0. The van der Waals surface area contributed by atoms with Crippen LogP contribution in [0, 0.1) is 5.82 Å². The van der Waals surface area contributed by atoms with Crippen LogP contribution >= 0.6 is 0 Å². The molecule has 0 unspecified atom stereocenters. The summed E-state index contributed by atoms with van der Waals surface area (Å²) >= 11 is 0. The van der Waals surface area contributed by atoms with Crippen LogP contribution < -0.4 is 5.73 Å². The Morgan fingerprint density at radius 1 is 0.721 bits per heavy atom. The highest BCUT2D eigenvalue weighted by Gasteiger charge is 2.12. The lowest BCUT2D eigenvalue weighted by molar-refractivity contribution is 0.0993. The number of carbonyl (C=O) groups excluding carboxylic acids is 1. The molecule has 0 amide bonds. The Morgan fingerprint density at radius 3 is 1.86 bits per heavy atom. The summed E-state index contributed by atoms with van der Waals surface area (Å²) < 4.78 is 16.4. The van der Waals surface area contributed by atoms with Gasteiger partial charge in [-0.25, -0.2) is 23.4 Å². The molecule has 0 saturated heterocycles. The summed E-state index contributed by atoms with van der Waals surface area (Å²) in [6.45, 7) is 0. The molecule has 0 spiro atoms. The number of nitrogens with two attached hydrogens (primary N) is 1. The van der Waals surface area contributed by atoms with E-state index in [-0.39, 0.29) is 32.9 Å². The second kappa shape index (κ2) is 13.2. The van der Waals surface area contributed by atoms with E-state index in [1.807, 2.05) is 30.6 Å². The lowest BCUT2D eigenvalue weighted by Gasteiger charge is -2.04. The van der Waals surface area contributed by atoms with E-state index >= 15 is 0 Å². The summed E-state index contributed by atoms with van der Waals surface area (Å²) in [5.74, 6) is -0.432. The first-order chi connectivity index (χ1) is 20.0. The van der Waals surface area contributed by atoms with Gasteiger partial charge in [-0.3, -0.25) is 14.8 Å². The molecule has 10 nitrogen and oxygen atoms in total. The number of nitrogen functional groups attached to an aromatic ring is 1. The fourth-order valence-corrected chi connectivity index (χ4v) is 4.26. The second-order valence-corrected chi connectivity index (χ2v) is 9.02. The van der Waals surface area contributed by atoms with Crippen molar-refractivity contribution in [2.75, 3.05) is 5.73 Å². The van der Waals surface area contributed by atoms with Gasteiger partial charge in [0.25, 0.3) is 0 Å². The third kappa shape index (κ3) is 6.57. The highest BCUT2D eigenvalue weighted by molar-refractivity contribution is 5.97. The van der Waals surface area contributed by atoms with Crippen molar-refractivity contribution in [3.8, 4) is 22.5 Å². The van der Waals surface area contributed by atoms with Crippen molar-refractivity contribution in [3.63, 3.8) is 0 Å². The van der Waals surface area contributed by atoms with E-state index in [1.165, 1.54) is 24.3 Å². The largest absolute Gasteiger partial charge is 0.399 e. The summed E-state index contributed by atoms with van der Waals surface area (Å²) in [7, 11) is 0. The van der Waals surface area contributed by atoms with Gasteiger partial charge in [-0.05, 0) is 66.2 Å². The van der Waals surface area contributed by atoms with Gasteiger partial charge >= 0.3 is 0 Å². The number of hydrogen-bond donors (Lipinski definition) is 1. The molecule has 7 rings (SSSR count). The van der Waals surface area contributed by atoms with Crippen LogP contribution in [0.5, 0.6) is 0 Å². The summed E-state index contributed by atoms with van der Waals surface area (Å²) in [4.78, 5) is 29.6. The smallest absolute Gasteiger partial charge is 0.167 e. The van der Waals surface area contributed by atoms with Gasteiger partial charge in [0.2, 0.25) is 0 Å². The van der Waals surface area contributed by atoms with E-state index in [4.69, 9.17) is 5.73 Å². The molecule has 0 fully saturated rings. The third-order valence-corrected chi connectivity index (χ3v) is 6.25. The van der Waals surface area contributed by atoms with Crippen molar-refractivity contribution in [1.29, 1.82) is 0 Å². The molecule has 2 N–H and O–H groups in total. The Hall–Kier alpha value is -5.84. The van der Waals surface area contributed by atoms with Crippen LogP contribution in [0.4, 0.5) is 10.1 Å². The molecule has 0 saturated carbocycles. The predicted molar refractivity (Wildman–Crippen MR) is 165 cm³/mol. The number of Topliss-reactive ketones (excluding diaryl/α,β-unsaturated/α-hetero) is 1. The molecule has 216 valence electrons. The first-order valence-electron chi connectivity index (χ1n) is 12.6. The molecule has 43 heavy (non-hydrogen) atoms. The molecule has 0 atom stereocenters. The molecule has 0 aliphatic carbocycles. The number of anilines is 1. The van der Waals surface area contributed by atoms with E-state index in [0.717, 1.165) is 28.0 Å². The molecule has 0 aliphatic rings. The zero-order chi connectivity index (χ0) is 28.2. The van der Waals surface area contributed by atoms with E-state index < -0.39 is 0 Å². The number of pyridine rings is 2.